The molecule has 1 aromatic rings. The van der Waals surface area contributed by atoms with Gasteiger partial charge in [-0.2, -0.15) is 0 Å². The van der Waals surface area contributed by atoms with Gasteiger partial charge in [0.25, 0.3) is 0 Å². The Morgan fingerprint density at radius 2 is 2.19 bits per heavy atom. The molecule has 0 aliphatic carbocycles. The van der Waals surface area contributed by atoms with E-state index in [0.717, 1.165) is 32.4 Å². The Labute approximate surface area is 132 Å². The molecule has 1 N–H and O–H groups in total. The predicted molar refractivity (Wildman–Crippen MR) is 87.2 cm³/mol. The first-order valence-electron chi connectivity index (χ1n) is 7.90. The fourth-order valence-electron chi connectivity index (χ4n) is 3.05. The van der Waals surface area contributed by atoms with Crippen molar-refractivity contribution in [3.05, 3.63) is 34.6 Å². The standard InChI is InChI=1S/C17H26ClFN2/c1-4-6-15-10-20-17(3,5-2)12-21(15)11-13-9-14(18)7-8-16(13)19/h7-9,15,20H,4-6,10-12H2,1-3H3. The smallest absolute Gasteiger partial charge is 0.127 e. The molecule has 118 valence electrons. The van der Waals surface area contributed by atoms with Crippen LogP contribution >= 0.6 is 11.6 Å². The molecule has 2 rings (SSSR count). The molecule has 1 saturated heterocycles. The fourth-order valence-corrected chi connectivity index (χ4v) is 3.24. The number of rotatable bonds is 5. The molecule has 1 aliphatic heterocycles. The van der Waals surface area contributed by atoms with E-state index in [-0.39, 0.29) is 11.4 Å². The van der Waals surface area contributed by atoms with Crippen LogP contribution in [0, 0.1) is 5.82 Å². The highest BCUT2D eigenvalue weighted by Gasteiger charge is 2.34. The van der Waals surface area contributed by atoms with Crippen LogP contribution < -0.4 is 5.32 Å². The zero-order valence-electron chi connectivity index (χ0n) is 13.3. The van der Waals surface area contributed by atoms with Gasteiger partial charge in [-0.1, -0.05) is 31.9 Å². The molecule has 0 spiro atoms. The first-order valence-corrected chi connectivity index (χ1v) is 8.28. The van der Waals surface area contributed by atoms with Gasteiger partial charge < -0.3 is 5.32 Å². The van der Waals surface area contributed by atoms with Crippen LogP contribution in [-0.2, 0) is 6.54 Å². The number of halogens is 2. The van der Waals surface area contributed by atoms with Crippen molar-refractivity contribution in [2.45, 2.75) is 58.2 Å². The van der Waals surface area contributed by atoms with Crippen LogP contribution in [0.5, 0.6) is 0 Å². The molecular weight excluding hydrogens is 287 g/mol. The maximum absolute atomic E-state index is 14.0. The van der Waals surface area contributed by atoms with Crippen molar-refractivity contribution < 1.29 is 4.39 Å². The Hall–Kier alpha value is -0.640. The van der Waals surface area contributed by atoms with E-state index in [1.165, 1.54) is 6.07 Å². The molecule has 1 aromatic carbocycles. The number of benzene rings is 1. The summed E-state index contributed by atoms with van der Waals surface area (Å²) in [7, 11) is 0. The van der Waals surface area contributed by atoms with Gasteiger partial charge in [-0.25, -0.2) is 4.39 Å². The van der Waals surface area contributed by atoms with Crippen molar-refractivity contribution >= 4 is 11.6 Å². The van der Waals surface area contributed by atoms with E-state index in [4.69, 9.17) is 11.6 Å². The van der Waals surface area contributed by atoms with Crippen LogP contribution in [0.15, 0.2) is 18.2 Å². The topological polar surface area (TPSA) is 15.3 Å². The molecule has 2 atom stereocenters. The molecule has 0 aromatic heterocycles. The number of hydrogen-bond acceptors (Lipinski definition) is 2. The molecule has 0 bridgehead atoms. The summed E-state index contributed by atoms with van der Waals surface area (Å²) in [6.07, 6.45) is 3.35. The average Bonchev–Trinajstić information content (AvgIpc) is 2.46. The summed E-state index contributed by atoms with van der Waals surface area (Å²) in [6.45, 7) is 9.20. The molecule has 0 radical (unpaired) electrons. The number of hydrogen-bond donors (Lipinski definition) is 1. The summed E-state index contributed by atoms with van der Waals surface area (Å²) in [6, 6.07) is 5.30. The second-order valence-electron chi connectivity index (χ2n) is 6.38. The predicted octanol–water partition coefficient (Wildman–Crippen LogP) is 4.22. The van der Waals surface area contributed by atoms with E-state index in [2.05, 4.69) is 31.0 Å². The SMILES string of the molecule is CCCC1CNC(C)(CC)CN1Cc1cc(Cl)ccc1F. The van der Waals surface area contributed by atoms with Crippen LogP contribution in [0.1, 0.15) is 45.6 Å². The van der Waals surface area contributed by atoms with E-state index >= 15 is 0 Å². The monoisotopic (exact) mass is 312 g/mol. The van der Waals surface area contributed by atoms with Crippen molar-refractivity contribution in [1.29, 1.82) is 0 Å². The van der Waals surface area contributed by atoms with E-state index in [1.54, 1.807) is 12.1 Å². The summed E-state index contributed by atoms with van der Waals surface area (Å²) >= 11 is 6.02. The Morgan fingerprint density at radius 1 is 1.43 bits per heavy atom. The lowest BCUT2D eigenvalue weighted by atomic mass is 9.92. The van der Waals surface area contributed by atoms with Crippen LogP contribution in [-0.4, -0.2) is 29.6 Å². The van der Waals surface area contributed by atoms with Crippen molar-refractivity contribution in [2.75, 3.05) is 13.1 Å². The molecule has 21 heavy (non-hydrogen) atoms. The van der Waals surface area contributed by atoms with Gasteiger partial charge in [0.05, 0.1) is 0 Å². The Morgan fingerprint density at radius 3 is 2.86 bits per heavy atom. The minimum Gasteiger partial charge on any atom is -0.309 e. The zero-order chi connectivity index (χ0) is 15.5. The molecule has 4 heteroatoms. The Kier molecular flexibility index (Phi) is 5.64. The largest absolute Gasteiger partial charge is 0.309 e. The van der Waals surface area contributed by atoms with Gasteiger partial charge in [0.1, 0.15) is 5.82 Å². The number of nitrogens with zero attached hydrogens (tertiary/aromatic N) is 1. The van der Waals surface area contributed by atoms with Crippen molar-refractivity contribution in [3.8, 4) is 0 Å². The molecule has 2 unspecified atom stereocenters. The molecule has 1 heterocycles. The first-order chi connectivity index (χ1) is 9.97. The van der Waals surface area contributed by atoms with Crippen molar-refractivity contribution in [2.24, 2.45) is 0 Å². The second-order valence-corrected chi connectivity index (χ2v) is 6.81. The van der Waals surface area contributed by atoms with Gasteiger partial charge in [-0.3, -0.25) is 4.90 Å². The van der Waals surface area contributed by atoms with Gasteiger partial charge in [0.15, 0.2) is 0 Å². The third-order valence-electron chi connectivity index (χ3n) is 4.62. The zero-order valence-corrected chi connectivity index (χ0v) is 14.0. The highest BCUT2D eigenvalue weighted by molar-refractivity contribution is 6.30. The van der Waals surface area contributed by atoms with Crippen molar-refractivity contribution in [3.63, 3.8) is 0 Å². The summed E-state index contributed by atoms with van der Waals surface area (Å²) in [5.41, 5.74) is 0.809. The van der Waals surface area contributed by atoms with Gasteiger partial charge in [0.2, 0.25) is 0 Å². The average molecular weight is 313 g/mol. The van der Waals surface area contributed by atoms with E-state index in [1.807, 2.05) is 0 Å². The third kappa shape index (κ3) is 4.18. The summed E-state index contributed by atoms with van der Waals surface area (Å²) in [4.78, 5) is 2.41. The summed E-state index contributed by atoms with van der Waals surface area (Å²) < 4.78 is 14.0. The van der Waals surface area contributed by atoms with E-state index < -0.39 is 0 Å². The van der Waals surface area contributed by atoms with Crippen molar-refractivity contribution in [1.82, 2.24) is 10.2 Å². The third-order valence-corrected chi connectivity index (χ3v) is 4.85. The maximum Gasteiger partial charge on any atom is 0.127 e. The molecule has 0 amide bonds. The summed E-state index contributed by atoms with van der Waals surface area (Å²) in [5.74, 6) is -0.161. The summed E-state index contributed by atoms with van der Waals surface area (Å²) in [5, 5.41) is 4.26. The molecule has 1 fully saturated rings. The minimum absolute atomic E-state index is 0.110. The van der Waals surface area contributed by atoms with Gasteiger partial charge in [0, 0.05) is 41.8 Å². The lowest BCUT2D eigenvalue weighted by Gasteiger charge is -2.46. The lowest BCUT2D eigenvalue weighted by molar-refractivity contribution is 0.0716. The first kappa shape index (κ1) is 16.7. The highest BCUT2D eigenvalue weighted by atomic mass is 35.5. The number of nitrogens with one attached hydrogen (secondary N) is 1. The van der Waals surface area contributed by atoms with E-state index in [0.29, 0.717) is 23.2 Å². The van der Waals surface area contributed by atoms with Crippen LogP contribution in [0.4, 0.5) is 4.39 Å². The molecular formula is C17H26ClFN2. The lowest BCUT2D eigenvalue weighted by Crippen LogP contribution is -2.62. The molecule has 1 aliphatic rings. The van der Waals surface area contributed by atoms with Crippen LogP contribution in [0.2, 0.25) is 5.02 Å². The quantitative estimate of drug-likeness (QED) is 0.875. The normalized spacial score (nSPS) is 27.0. The fraction of sp³-hybridized carbons (Fsp3) is 0.647. The van der Waals surface area contributed by atoms with Gasteiger partial charge in [-0.05, 0) is 38.0 Å². The highest BCUT2D eigenvalue weighted by Crippen LogP contribution is 2.25. The Balaban J connectivity index is 2.17. The maximum atomic E-state index is 14.0. The van der Waals surface area contributed by atoms with Gasteiger partial charge in [-0.15, -0.1) is 0 Å². The number of piperazine rings is 1. The van der Waals surface area contributed by atoms with Gasteiger partial charge >= 0.3 is 0 Å². The Bertz CT molecular complexity index is 480. The van der Waals surface area contributed by atoms with Crippen LogP contribution in [0.3, 0.4) is 0 Å². The van der Waals surface area contributed by atoms with E-state index in [9.17, 15) is 4.39 Å². The molecule has 0 saturated carbocycles. The molecule has 2 nitrogen and oxygen atoms in total. The minimum atomic E-state index is -0.161. The van der Waals surface area contributed by atoms with Crippen LogP contribution in [0.25, 0.3) is 0 Å². The second kappa shape index (κ2) is 7.08.